The molecule has 4 nitrogen and oxygen atoms in total. The third-order valence-electron chi connectivity index (χ3n) is 2.18. The topological polar surface area (TPSA) is 64.7 Å². The average Bonchev–Trinajstić information content (AvgIpc) is 2.58. The SMILES string of the molecule is Cl.NCCOc1cccc2c1B(O)OC2. The molecule has 15 heavy (non-hydrogen) atoms. The van der Waals surface area contributed by atoms with Gasteiger partial charge in [0, 0.05) is 12.0 Å². The van der Waals surface area contributed by atoms with E-state index in [1.807, 2.05) is 18.2 Å². The zero-order chi connectivity index (χ0) is 9.97. The second-order valence-electron chi connectivity index (χ2n) is 3.13. The largest absolute Gasteiger partial charge is 0.495 e. The molecule has 0 bridgehead atoms. The maximum absolute atomic E-state index is 9.53. The van der Waals surface area contributed by atoms with Crippen LogP contribution in [-0.2, 0) is 11.3 Å². The highest BCUT2D eigenvalue weighted by atomic mass is 35.5. The van der Waals surface area contributed by atoms with Gasteiger partial charge in [-0.15, -0.1) is 12.4 Å². The normalized spacial score (nSPS) is 13.3. The van der Waals surface area contributed by atoms with E-state index in [1.54, 1.807) is 0 Å². The summed E-state index contributed by atoms with van der Waals surface area (Å²) in [5.41, 5.74) is 7.05. The quantitative estimate of drug-likeness (QED) is 0.696. The lowest BCUT2D eigenvalue weighted by molar-refractivity contribution is 0.275. The molecule has 0 saturated heterocycles. The van der Waals surface area contributed by atoms with Crippen LogP contribution in [0.4, 0.5) is 0 Å². The molecule has 0 aliphatic carbocycles. The summed E-state index contributed by atoms with van der Waals surface area (Å²) in [6, 6.07) is 5.61. The minimum atomic E-state index is -0.862. The second-order valence-corrected chi connectivity index (χ2v) is 3.13. The van der Waals surface area contributed by atoms with Crippen molar-refractivity contribution in [1.29, 1.82) is 0 Å². The molecule has 0 spiro atoms. The molecule has 0 unspecified atom stereocenters. The lowest BCUT2D eigenvalue weighted by Gasteiger charge is -2.09. The first-order chi connectivity index (χ1) is 6.83. The van der Waals surface area contributed by atoms with E-state index in [0.29, 0.717) is 25.5 Å². The van der Waals surface area contributed by atoms with Crippen LogP contribution < -0.4 is 15.9 Å². The van der Waals surface area contributed by atoms with Gasteiger partial charge in [-0.05, 0) is 11.6 Å². The summed E-state index contributed by atoms with van der Waals surface area (Å²) < 4.78 is 10.5. The Kier molecular flexibility index (Phi) is 4.41. The fourth-order valence-electron chi connectivity index (χ4n) is 1.54. The molecular weight excluding hydrogens is 216 g/mol. The van der Waals surface area contributed by atoms with Crippen LogP contribution in [0.2, 0.25) is 0 Å². The molecule has 3 N–H and O–H groups in total. The van der Waals surface area contributed by atoms with Crippen LogP contribution >= 0.6 is 12.4 Å². The smallest absolute Gasteiger partial charge is 0.493 e. The van der Waals surface area contributed by atoms with E-state index in [0.717, 1.165) is 11.0 Å². The van der Waals surface area contributed by atoms with E-state index in [4.69, 9.17) is 15.1 Å². The van der Waals surface area contributed by atoms with E-state index in [-0.39, 0.29) is 12.4 Å². The van der Waals surface area contributed by atoms with E-state index >= 15 is 0 Å². The summed E-state index contributed by atoms with van der Waals surface area (Å²) in [6.07, 6.45) is 0. The maximum atomic E-state index is 9.53. The van der Waals surface area contributed by atoms with Crippen molar-refractivity contribution in [1.82, 2.24) is 0 Å². The fraction of sp³-hybridized carbons (Fsp3) is 0.333. The van der Waals surface area contributed by atoms with Gasteiger partial charge in [-0.3, -0.25) is 0 Å². The molecule has 2 rings (SSSR count). The lowest BCUT2D eigenvalue weighted by Crippen LogP contribution is -2.30. The molecule has 1 aliphatic heterocycles. The van der Waals surface area contributed by atoms with Crippen LogP contribution in [-0.4, -0.2) is 25.3 Å². The molecule has 6 heteroatoms. The minimum Gasteiger partial charge on any atom is -0.493 e. The van der Waals surface area contributed by atoms with Gasteiger partial charge in [-0.25, -0.2) is 0 Å². The molecule has 0 amide bonds. The highest BCUT2D eigenvalue weighted by molar-refractivity contribution is 6.62. The van der Waals surface area contributed by atoms with Gasteiger partial charge < -0.3 is 20.1 Å². The van der Waals surface area contributed by atoms with Crippen LogP contribution in [0.3, 0.4) is 0 Å². The minimum absolute atomic E-state index is 0. The number of fused-ring (bicyclic) bond motifs is 1. The van der Waals surface area contributed by atoms with E-state index in [1.165, 1.54) is 0 Å². The van der Waals surface area contributed by atoms with Crippen molar-refractivity contribution in [3.05, 3.63) is 23.8 Å². The van der Waals surface area contributed by atoms with E-state index < -0.39 is 7.12 Å². The molecule has 0 atom stereocenters. The predicted octanol–water partition coefficient (Wildman–Crippen LogP) is -0.336. The van der Waals surface area contributed by atoms with Crippen LogP contribution in [0.15, 0.2) is 18.2 Å². The summed E-state index contributed by atoms with van der Waals surface area (Å²) in [6.45, 7) is 1.35. The number of halogens is 1. The number of nitrogens with two attached hydrogens (primary N) is 1. The zero-order valence-electron chi connectivity index (χ0n) is 8.18. The molecule has 1 aromatic rings. The zero-order valence-corrected chi connectivity index (χ0v) is 9.00. The van der Waals surface area contributed by atoms with Crippen molar-refractivity contribution in [2.24, 2.45) is 5.73 Å². The highest BCUT2D eigenvalue weighted by Crippen LogP contribution is 2.17. The first-order valence-corrected chi connectivity index (χ1v) is 4.57. The molecular formula is C9H13BClNO3. The summed E-state index contributed by atoms with van der Waals surface area (Å²) in [5.74, 6) is 0.665. The van der Waals surface area contributed by atoms with Gasteiger partial charge in [0.1, 0.15) is 12.4 Å². The summed E-state index contributed by atoms with van der Waals surface area (Å²) >= 11 is 0. The Labute approximate surface area is 94.9 Å². The van der Waals surface area contributed by atoms with E-state index in [2.05, 4.69) is 0 Å². The van der Waals surface area contributed by atoms with Gasteiger partial charge in [0.15, 0.2) is 0 Å². The Balaban J connectivity index is 0.00000112. The summed E-state index contributed by atoms with van der Waals surface area (Å²) in [4.78, 5) is 0. The van der Waals surface area contributed by atoms with Crippen molar-refractivity contribution in [3.8, 4) is 5.75 Å². The van der Waals surface area contributed by atoms with Crippen molar-refractivity contribution < 1.29 is 14.4 Å². The third kappa shape index (κ3) is 2.44. The molecule has 1 aliphatic rings. The number of rotatable bonds is 3. The predicted molar refractivity (Wildman–Crippen MR) is 60.6 cm³/mol. The van der Waals surface area contributed by atoms with Gasteiger partial charge in [-0.1, -0.05) is 12.1 Å². The van der Waals surface area contributed by atoms with Crippen LogP contribution in [0.25, 0.3) is 0 Å². The molecule has 1 aromatic carbocycles. The lowest BCUT2D eigenvalue weighted by atomic mass is 9.79. The van der Waals surface area contributed by atoms with E-state index in [9.17, 15) is 5.02 Å². The first kappa shape index (κ1) is 12.3. The fourth-order valence-corrected chi connectivity index (χ4v) is 1.54. The molecule has 0 fully saturated rings. The monoisotopic (exact) mass is 229 g/mol. The molecule has 0 aromatic heterocycles. The summed E-state index contributed by atoms with van der Waals surface area (Å²) in [5, 5.41) is 9.53. The Morgan fingerprint density at radius 2 is 2.33 bits per heavy atom. The van der Waals surface area contributed by atoms with Crippen molar-refractivity contribution >= 4 is 25.0 Å². The van der Waals surface area contributed by atoms with Gasteiger partial charge in [0.25, 0.3) is 0 Å². The molecule has 82 valence electrons. The van der Waals surface area contributed by atoms with Crippen molar-refractivity contribution in [2.45, 2.75) is 6.61 Å². The number of hydrogen-bond donors (Lipinski definition) is 2. The molecule has 0 saturated carbocycles. The standard InChI is InChI=1S/C9H12BNO3.ClH/c11-4-5-13-8-3-1-2-7-6-14-10(12)9(7)8;/h1-3,12H,4-6,11H2;1H. The Morgan fingerprint density at radius 1 is 1.53 bits per heavy atom. The Bertz CT molecular complexity index is 337. The van der Waals surface area contributed by atoms with Gasteiger partial charge in [-0.2, -0.15) is 0 Å². The van der Waals surface area contributed by atoms with Crippen molar-refractivity contribution in [2.75, 3.05) is 13.2 Å². The third-order valence-corrected chi connectivity index (χ3v) is 2.18. The highest BCUT2D eigenvalue weighted by Gasteiger charge is 2.30. The average molecular weight is 229 g/mol. The second kappa shape index (κ2) is 5.37. The Morgan fingerprint density at radius 3 is 3.07 bits per heavy atom. The van der Waals surface area contributed by atoms with Gasteiger partial charge in [0.05, 0.1) is 6.61 Å². The summed E-state index contributed by atoms with van der Waals surface area (Å²) in [7, 11) is -0.862. The van der Waals surface area contributed by atoms with Crippen LogP contribution in [0.1, 0.15) is 5.56 Å². The van der Waals surface area contributed by atoms with Crippen LogP contribution in [0.5, 0.6) is 5.75 Å². The first-order valence-electron chi connectivity index (χ1n) is 4.57. The van der Waals surface area contributed by atoms with Crippen molar-refractivity contribution in [3.63, 3.8) is 0 Å². The maximum Gasteiger partial charge on any atom is 0.495 e. The Hall–Kier alpha value is -0.745. The van der Waals surface area contributed by atoms with Crippen LogP contribution in [0, 0.1) is 0 Å². The molecule has 0 radical (unpaired) electrons. The number of hydrogen-bond acceptors (Lipinski definition) is 4. The molecule has 1 heterocycles. The van der Waals surface area contributed by atoms with Gasteiger partial charge >= 0.3 is 7.12 Å². The van der Waals surface area contributed by atoms with Gasteiger partial charge in [0.2, 0.25) is 0 Å². The number of ether oxygens (including phenoxy) is 1. The number of benzene rings is 1.